The van der Waals surface area contributed by atoms with Crippen LogP contribution in [0.25, 0.3) is 0 Å². The normalized spacial score (nSPS) is 12.7. The number of hydrogen-bond acceptors (Lipinski definition) is 6. The van der Waals surface area contributed by atoms with Gasteiger partial charge in [-0.15, -0.1) is 0 Å². The summed E-state index contributed by atoms with van der Waals surface area (Å²) >= 11 is 0. The van der Waals surface area contributed by atoms with Crippen LogP contribution in [0.3, 0.4) is 0 Å². The van der Waals surface area contributed by atoms with E-state index >= 15 is 0 Å². The maximum Gasteiger partial charge on any atom is 0.344 e. The van der Waals surface area contributed by atoms with E-state index < -0.39 is 10.9 Å². The Hall–Kier alpha value is -3.22. The van der Waals surface area contributed by atoms with E-state index in [1.54, 1.807) is 6.07 Å². The third-order valence-electron chi connectivity index (χ3n) is 4.44. The van der Waals surface area contributed by atoms with Crippen LogP contribution in [0, 0.1) is 10.1 Å². The van der Waals surface area contributed by atoms with Gasteiger partial charge in [0, 0.05) is 17.7 Å². The standard InChI is InChI=1S/C20H19NO6/c22-19(16-6-5-14-3-1-2-4-15(14)11-16)12-27-20(23)13-26-18-9-7-17(8-10-18)21(24)25/h5-11H,1-4,12-13H2. The van der Waals surface area contributed by atoms with Gasteiger partial charge in [-0.3, -0.25) is 14.9 Å². The molecule has 27 heavy (non-hydrogen) atoms. The molecule has 0 aliphatic heterocycles. The summed E-state index contributed by atoms with van der Waals surface area (Å²) in [4.78, 5) is 34.0. The first-order valence-electron chi connectivity index (χ1n) is 8.71. The van der Waals surface area contributed by atoms with Crippen molar-refractivity contribution in [2.24, 2.45) is 0 Å². The fraction of sp³-hybridized carbons (Fsp3) is 0.300. The van der Waals surface area contributed by atoms with Crippen LogP contribution in [0.4, 0.5) is 5.69 Å². The minimum atomic E-state index is -0.681. The number of esters is 1. The summed E-state index contributed by atoms with van der Waals surface area (Å²) in [6.07, 6.45) is 4.31. The van der Waals surface area contributed by atoms with Crippen molar-refractivity contribution in [1.29, 1.82) is 0 Å². The van der Waals surface area contributed by atoms with Gasteiger partial charge < -0.3 is 9.47 Å². The lowest BCUT2D eigenvalue weighted by Gasteiger charge is -2.16. The summed E-state index contributed by atoms with van der Waals surface area (Å²) in [6.45, 7) is -0.726. The Morgan fingerprint density at radius 3 is 2.37 bits per heavy atom. The van der Waals surface area contributed by atoms with Crippen LogP contribution in [0.5, 0.6) is 5.75 Å². The molecule has 0 bridgehead atoms. The number of carbonyl (C=O) groups excluding carboxylic acids is 2. The highest BCUT2D eigenvalue weighted by Crippen LogP contribution is 2.22. The number of non-ortho nitro benzene ring substituents is 1. The van der Waals surface area contributed by atoms with Crippen LogP contribution in [-0.4, -0.2) is 29.9 Å². The van der Waals surface area contributed by atoms with Gasteiger partial charge in [-0.2, -0.15) is 0 Å². The second-order valence-corrected chi connectivity index (χ2v) is 6.31. The Kier molecular flexibility index (Phi) is 5.80. The number of nitro groups is 1. The second-order valence-electron chi connectivity index (χ2n) is 6.31. The van der Waals surface area contributed by atoms with E-state index in [2.05, 4.69) is 0 Å². The maximum atomic E-state index is 12.2. The molecule has 7 heteroatoms. The summed E-state index contributed by atoms with van der Waals surface area (Å²) in [7, 11) is 0. The average Bonchev–Trinajstić information content (AvgIpc) is 2.70. The van der Waals surface area contributed by atoms with Crippen LogP contribution in [-0.2, 0) is 22.4 Å². The molecule has 0 aromatic heterocycles. The zero-order valence-corrected chi connectivity index (χ0v) is 14.7. The molecule has 0 heterocycles. The first-order valence-corrected chi connectivity index (χ1v) is 8.71. The number of nitrogens with zero attached hydrogens (tertiary/aromatic N) is 1. The third-order valence-corrected chi connectivity index (χ3v) is 4.44. The first-order chi connectivity index (χ1) is 13.0. The average molecular weight is 369 g/mol. The van der Waals surface area contributed by atoms with Crippen molar-refractivity contribution in [1.82, 2.24) is 0 Å². The summed E-state index contributed by atoms with van der Waals surface area (Å²) in [5.41, 5.74) is 2.95. The highest BCUT2D eigenvalue weighted by atomic mass is 16.6. The largest absolute Gasteiger partial charge is 0.482 e. The van der Waals surface area contributed by atoms with Crippen molar-refractivity contribution in [2.45, 2.75) is 25.7 Å². The fourth-order valence-electron chi connectivity index (χ4n) is 2.98. The Morgan fingerprint density at radius 2 is 1.67 bits per heavy atom. The van der Waals surface area contributed by atoms with Crippen LogP contribution >= 0.6 is 0 Å². The van der Waals surface area contributed by atoms with Crippen molar-refractivity contribution < 1.29 is 24.0 Å². The number of ketones is 1. The monoisotopic (exact) mass is 369 g/mol. The van der Waals surface area contributed by atoms with Crippen LogP contribution < -0.4 is 4.74 Å². The van der Waals surface area contributed by atoms with Gasteiger partial charge >= 0.3 is 5.97 Å². The van der Waals surface area contributed by atoms with Crippen LogP contribution in [0.2, 0.25) is 0 Å². The van der Waals surface area contributed by atoms with Crippen molar-refractivity contribution in [2.75, 3.05) is 13.2 Å². The van der Waals surface area contributed by atoms with Gasteiger partial charge in [-0.1, -0.05) is 12.1 Å². The van der Waals surface area contributed by atoms with E-state index in [4.69, 9.17) is 9.47 Å². The van der Waals surface area contributed by atoms with Gasteiger partial charge in [0.25, 0.3) is 5.69 Å². The zero-order chi connectivity index (χ0) is 19.2. The molecule has 0 unspecified atom stereocenters. The van der Waals surface area contributed by atoms with Crippen molar-refractivity contribution in [3.63, 3.8) is 0 Å². The van der Waals surface area contributed by atoms with Crippen molar-refractivity contribution in [3.8, 4) is 5.75 Å². The number of aryl methyl sites for hydroxylation is 2. The first kappa shape index (κ1) is 18.6. The Balaban J connectivity index is 1.47. The molecule has 1 aliphatic rings. The number of nitro benzene ring substituents is 1. The number of hydrogen-bond donors (Lipinski definition) is 0. The highest BCUT2D eigenvalue weighted by Gasteiger charge is 2.15. The van der Waals surface area contributed by atoms with Crippen LogP contribution in [0.1, 0.15) is 34.3 Å². The third kappa shape index (κ3) is 4.91. The molecule has 7 nitrogen and oxygen atoms in total. The molecule has 0 fully saturated rings. The summed E-state index contributed by atoms with van der Waals surface area (Å²) in [5, 5.41) is 10.6. The van der Waals surface area contributed by atoms with E-state index in [1.165, 1.54) is 41.8 Å². The lowest BCUT2D eigenvalue weighted by atomic mass is 9.90. The summed E-state index contributed by atoms with van der Waals surface area (Å²) in [6, 6.07) is 11.0. The smallest absolute Gasteiger partial charge is 0.344 e. The molecule has 2 aromatic rings. The Bertz CT molecular complexity index is 859. The number of ether oxygens (including phenoxy) is 2. The quantitative estimate of drug-likeness (QED) is 0.322. The zero-order valence-electron chi connectivity index (χ0n) is 14.7. The fourth-order valence-corrected chi connectivity index (χ4v) is 2.98. The summed E-state index contributed by atoms with van der Waals surface area (Å²) < 4.78 is 10.2. The molecule has 0 saturated heterocycles. The molecule has 0 saturated carbocycles. The molecule has 2 aromatic carbocycles. The highest BCUT2D eigenvalue weighted by molar-refractivity contribution is 5.98. The predicted molar refractivity (Wildman–Crippen MR) is 97.0 cm³/mol. The second kappa shape index (κ2) is 8.44. The van der Waals surface area contributed by atoms with Crippen molar-refractivity contribution >= 4 is 17.4 Å². The number of benzene rings is 2. The molecule has 3 rings (SSSR count). The van der Waals surface area contributed by atoms with E-state index in [0.29, 0.717) is 11.3 Å². The van der Waals surface area contributed by atoms with Gasteiger partial charge in [0.05, 0.1) is 4.92 Å². The molecular formula is C20H19NO6. The van der Waals surface area contributed by atoms with Gasteiger partial charge in [0.2, 0.25) is 0 Å². The molecule has 0 radical (unpaired) electrons. The number of Topliss-reactive ketones (excluding diaryl/α,β-unsaturated/α-hetero) is 1. The topological polar surface area (TPSA) is 95.7 Å². The van der Waals surface area contributed by atoms with Gasteiger partial charge in [0.1, 0.15) is 5.75 Å². The van der Waals surface area contributed by atoms with Crippen LogP contribution in [0.15, 0.2) is 42.5 Å². The van der Waals surface area contributed by atoms with E-state index in [9.17, 15) is 19.7 Å². The molecule has 0 atom stereocenters. The predicted octanol–water partition coefficient (Wildman–Crippen LogP) is 3.28. The molecule has 0 amide bonds. The lowest BCUT2D eigenvalue weighted by Crippen LogP contribution is -2.19. The minimum absolute atomic E-state index is 0.0689. The SMILES string of the molecule is O=C(COc1ccc([N+](=O)[O-])cc1)OCC(=O)c1ccc2c(c1)CCCC2. The Morgan fingerprint density at radius 1 is 0.963 bits per heavy atom. The van der Waals surface area contributed by atoms with E-state index in [0.717, 1.165) is 19.3 Å². The molecular weight excluding hydrogens is 350 g/mol. The molecule has 1 aliphatic carbocycles. The van der Waals surface area contributed by atoms with Gasteiger partial charge in [0.15, 0.2) is 19.0 Å². The maximum absolute atomic E-state index is 12.2. The molecule has 140 valence electrons. The summed E-state index contributed by atoms with van der Waals surface area (Å²) in [5.74, 6) is -0.634. The van der Waals surface area contributed by atoms with Crippen molar-refractivity contribution in [3.05, 3.63) is 69.3 Å². The minimum Gasteiger partial charge on any atom is -0.482 e. The lowest BCUT2D eigenvalue weighted by molar-refractivity contribution is -0.384. The number of fused-ring (bicyclic) bond motifs is 1. The Labute approximate surface area is 156 Å². The van der Waals surface area contributed by atoms with Gasteiger partial charge in [-0.25, -0.2) is 4.79 Å². The van der Waals surface area contributed by atoms with E-state index in [-0.39, 0.29) is 24.7 Å². The van der Waals surface area contributed by atoms with E-state index in [1.807, 2.05) is 12.1 Å². The van der Waals surface area contributed by atoms with Gasteiger partial charge in [-0.05, 0) is 55.0 Å². The molecule has 0 N–H and O–H groups in total. The number of rotatable bonds is 7. The number of carbonyl (C=O) groups is 2. The molecule has 0 spiro atoms.